The maximum absolute atomic E-state index is 14.2. The third kappa shape index (κ3) is 7.80. The summed E-state index contributed by atoms with van der Waals surface area (Å²) in [6.45, 7) is 7.11. The van der Waals surface area contributed by atoms with Gasteiger partial charge in [0.15, 0.2) is 11.5 Å². The molecule has 9 nitrogen and oxygen atoms in total. The van der Waals surface area contributed by atoms with E-state index in [1.54, 1.807) is 26.0 Å². The van der Waals surface area contributed by atoms with Crippen LogP contribution in [0.3, 0.4) is 0 Å². The molecule has 1 atom stereocenters. The van der Waals surface area contributed by atoms with Gasteiger partial charge in [-0.2, -0.15) is 0 Å². The van der Waals surface area contributed by atoms with Gasteiger partial charge in [-0.1, -0.05) is 34.1 Å². The van der Waals surface area contributed by atoms with Crippen LogP contribution in [0.4, 0.5) is 5.69 Å². The molecule has 3 aromatic rings. The van der Waals surface area contributed by atoms with Gasteiger partial charge in [0.2, 0.25) is 11.8 Å². The van der Waals surface area contributed by atoms with Crippen LogP contribution in [-0.2, 0) is 26.2 Å². The lowest BCUT2D eigenvalue weighted by molar-refractivity contribution is -0.139. The molecule has 0 aromatic heterocycles. The van der Waals surface area contributed by atoms with Gasteiger partial charge in [-0.3, -0.25) is 13.9 Å². The topological polar surface area (TPSA) is 105 Å². The number of aryl methyl sites for hydroxylation is 2. The molecular formula is C30H36BrN3O6S. The number of nitrogens with zero attached hydrogens (tertiary/aromatic N) is 2. The first kappa shape index (κ1) is 32.0. The van der Waals surface area contributed by atoms with Crippen LogP contribution >= 0.6 is 15.9 Å². The van der Waals surface area contributed by atoms with E-state index in [4.69, 9.17) is 9.47 Å². The number of amides is 2. The SMILES string of the molecule is CCNC(=O)[C@H](C)N(Cc1cccc(Br)c1)C(=O)CN(c1cc(C)cc(C)c1)S(=O)(=O)c1ccc(OC)c(OC)c1. The van der Waals surface area contributed by atoms with Crippen LogP contribution < -0.4 is 19.1 Å². The van der Waals surface area contributed by atoms with Gasteiger partial charge in [0.05, 0.1) is 24.8 Å². The van der Waals surface area contributed by atoms with Crippen LogP contribution in [0.1, 0.15) is 30.5 Å². The normalized spacial score (nSPS) is 11.9. The molecule has 0 unspecified atom stereocenters. The fourth-order valence-electron chi connectivity index (χ4n) is 4.46. The van der Waals surface area contributed by atoms with E-state index in [1.165, 1.54) is 37.3 Å². The molecule has 11 heteroatoms. The first-order valence-electron chi connectivity index (χ1n) is 13.1. The van der Waals surface area contributed by atoms with Crippen molar-refractivity contribution >= 4 is 43.5 Å². The predicted octanol–water partition coefficient (Wildman–Crippen LogP) is 4.83. The molecule has 0 radical (unpaired) electrons. The number of ether oxygens (including phenoxy) is 2. The zero-order valence-electron chi connectivity index (χ0n) is 24.1. The van der Waals surface area contributed by atoms with Crippen LogP contribution in [0.5, 0.6) is 11.5 Å². The summed E-state index contributed by atoms with van der Waals surface area (Å²) in [5.41, 5.74) is 2.78. The fourth-order valence-corrected chi connectivity index (χ4v) is 6.32. The van der Waals surface area contributed by atoms with Gasteiger partial charge in [-0.05, 0) is 80.8 Å². The second-order valence-corrected chi connectivity index (χ2v) is 12.4. The number of hydrogen-bond acceptors (Lipinski definition) is 6. The van der Waals surface area contributed by atoms with Gasteiger partial charge < -0.3 is 19.7 Å². The Balaban J connectivity index is 2.11. The zero-order chi connectivity index (χ0) is 30.3. The van der Waals surface area contributed by atoms with E-state index in [2.05, 4.69) is 21.2 Å². The highest BCUT2D eigenvalue weighted by molar-refractivity contribution is 9.10. The second-order valence-electron chi connectivity index (χ2n) is 9.60. The average Bonchev–Trinajstić information content (AvgIpc) is 2.93. The summed E-state index contributed by atoms with van der Waals surface area (Å²) in [5.74, 6) is -0.263. The number of rotatable bonds is 12. The summed E-state index contributed by atoms with van der Waals surface area (Å²) >= 11 is 3.45. The van der Waals surface area contributed by atoms with Crippen LogP contribution in [0.15, 0.2) is 70.0 Å². The van der Waals surface area contributed by atoms with E-state index in [0.717, 1.165) is 25.5 Å². The number of carbonyl (C=O) groups is 2. The first-order chi connectivity index (χ1) is 19.4. The maximum atomic E-state index is 14.2. The highest BCUT2D eigenvalue weighted by Gasteiger charge is 2.33. The van der Waals surface area contributed by atoms with E-state index in [1.807, 2.05) is 44.2 Å². The molecule has 3 aromatic carbocycles. The third-order valence-corrected chi connectivity index (χ3v) is 8.74. The molecular weight excluding hydrogens is 610 g/mol. The van der Waals surface area contributed by atoms with E-state index in [-0.39, 0.29) is 23.1 Å². The smallest absolute Gasteiger partial charge is 0.264 e. The fraction of sp³-hybridized carbons (Fsp3) is 0.333. The van der Waals surface area contributed by atoms with Crippen LogP contribution in [0.25, 0.3) is 0 Å². The average molecular weight is 647 g/mol. The molecule has 0 aliphatic heterocycles. The lowest BCUT2D eigenvalue weighted by atomic mass is 10.1. The molecule has 0 aliphatic carbocycles. The van der Waals surface area contributed by atoms with Crippen molar-refractivity contribution in [2.75, 3.05) is 31.6 Å². The predicted molar refractivity (Wildman–Crippen MR) is 163 cm³/mol. The van der Waals surface area contributed by atoms with E-state index in [9.17, 15) is 18.0 Å². The lowest BCUT2D eigenvalue weighted by Gasteiger charge is -2.32. The minimum Gasteiger partial charge on any atom is -0.493 e. The third-order valence-electron chi connectivity index (χ3n) is 6.48. The molecule has 0 saturated heterocycles. The number of hydrogen-bond donors (Lipinski definition) is 1. The number of halogens is 1. The Bertz CT molecular complexity index is 1490. The first-order valence-corrected chi connectivity index (χ1v) is 15.3. The van der Waals surface area contributed by atoms with Gasteiger partial charge in [0.25, 0.3) is 10.0 Å². The number of carbonyl (C=O) groups excluding carboxylic acids is 2. The van der Waals surface area contributed by atoms with E-state index in [0.29, 0.717) is 18.0 Å². The van der Waals surface area contributed by atoms with Crippen LogP contribution in [-0.4, -0.2) is 58.5 Å². The Morgan fingerprint density at radius 2 is 1.61 bits per heavy atom. The van der Waals surface area contributed by atoms with Crippen molar-refractivity contribution in [3.05, 3.63) is 81.8 Å². The molecule has 0 aliphatic rings. The molecule has 0 heterocycles. The number of benzene rings is 3. The molecule has 1 N–H and O–H groups in total. The largest absolute Gasteiger partial charge is 0.493 e. The zero-order valence-corrected chi connectivity index (χ0v) is 26.5. The van der Waals surface area contributed by atoms with Crippen molar-refractivity contribution in [2.24, 2.45) is 0 Å². The number of methoxy groups -OCH3 is 2. The summed E-state index contributed by atoms with van der Waals surface area (Å²) in [5, 5.41) is 2.76. The molecule has 0 bridgehead atoms. The van der Waals surface area contributed by atoms with Gasteiger partial charge in [-0.25, -0.2) is 8.42 Å². The quantitative estimate of drug-likeness (QED) is 0.302. The highest BCUT2D eigenvalue weighted by Crippen LogP contribution is 2.33. The summed E-state index contributed by atoms with van der Waals surface area (Å²) in [7, 11) is -1.39. The van der Waals surface area contributed by atoms with Gasteiger partial charge >= 0.3 is 0 Å². The minimum absolute atomic E-state index is 0.0718. The standard InChI is InChI=1S/C30H36BrN3O6S/c1-7-32-30(36)22(4)33(18-23-9-8-10-24(31)16-23)29(35)19-34(25-14-20(2)13-21(3)15-25)41(37,38)26-11-12-27(39-5)28(17-26)40-6/h8-17,22H,7,18-19H2,1-6H3,(H,32,36)/t22-/m0/s1. The summed E-state index contributed by atoms with van der Waals surface area (Å²) in [6, 6.07) is 16.2. The number of nitrogens with one attached hydrogen (secondary N) is 1. The molecule has 0 spiro atoms. The van der Waals surface area contributed by atoms with Gasteiger partial charge in [-0.15, -0.1) is 0 Å². The minimum atomic E-state index is -4.27. The molecule has 0 fully saturated rings. The van der Waals surface area contributed by atoms with E-state index >= 15 is 0 Å². The van der Waals surface area contributed by atoms with Crippen molar-refractivity contribution in [3.63, 3.8) is 0 Å². The summed E-state index contributed by atoms with van der Waals surface area (Å²) in [6.07, 6.45) is 0. The van der Waals surface area contributed by atoms with Crippen molar-refractivity contribution in [1.82, 2.24) is 10.2 Å². The Hall–Kier alpha value is -3.57. The van der Waals surface area contributed by atoms with Crippen molar-refractivity contribution in [2.45, 2.75) is 45.2 Å². The molecule has 220 valence electrons. The Kier molecular flexibility index (Phi) is 10.8. The molecule has 2 amide bonds. The highest BCUT2D eigenvalue weighted by atomic mass is 79.9. The van der Waals surface area contributed by atoms with Crippen LogP contribution in [0.2, 0.25) is 0 Å². The monoisotopic (exact) mass is 645 g/mol. The van der Waals surface area contributed by atoms with Gasteiger partial charge in [0, 0.05) is 23.6 Å². The van der Waals surface area contributed by atoms with Crippen molar-refractivity contribution in [1.29, 1.82) is 0 Å². The molecule has 3 rings (SSSR count). The van der Waals surface area contributed by atoms with Crippen molar-refractivity contribution in [3.8, 4) is 11.5 Å². The lowest BCUT2D eigenvalue weighted by Crippen LogP contribution is -2.51. The van der Waals surface area contributed by atoms with Gasteiger partial charge in [0.1, 0.15) is 12.6 Å². The van der Waals surface area contributed by atoms with Crippen LogP contribution in [0, 0.1) is 13.8 Å². The number of sulfonamides is 1. The second kappa shape index (κ2) is 13.9. The Morgan fingerprint density at radius 3 is 2.20 bits per heavy atom. The molecule has 0 saturated carbocycles. The summed E-state index contributed by atoms with van der Waals surface area (Å²) in [4.78, 5) is 28.2. The maximum Gasteiger partial charge on any atom is 0.264 e. The Morgan fingerprint density at radius 1 is 0.951 bits per heavy atom. The van der Waals surface area contributed by atoms with E-state index < -0.39 is 28.5 Å². The Labute approximate surface area is 250 Å². The number of anilines is 1. The van der Waals surface area contributed by atoms with Crippen molar-refractivity contribution < 1.29 is 27.5 Å². The molecule has 41 heavy (non-hydrogen) atoms. The number of likely N-dealkylation sites (N-methyl/N-ethyl adjacent to an activating group) is 1. The summed E-state index contributed by atoms with van der Waals surface area (Å²) < 4.78 is 40.8.